The topological polar surface area (TPSA) is 75.7 Å². The average Bonchev–Trinajstić information content (AvgIpc) is 2.62. The maximum Gasteiger partial charge on any atom is 0.232 e. The summed E-state index contributed by atoms with van der Waals surface area (Å²) in [5.74, 6) is -0.208. The Morgan fingerprint density at radius 1 is 1.15 bits per heavy atom. The number of hydrogen-bond donors (Lipinski definition) is 1. The number of anilines is 1. The number of nitrogens with zero attached hydrogens (tertiary/aromatic N) is 1. The van der Waals surface area contributed by atoms with Crippen LogP contribution in [0, 0.1) is 5.82 Å². The van der Waals surface area contributed by atoms with Gasteiger partial charge in [-0.05, 0) is 36.8 Å². The Balaban J connectivity index is 2.03. The zero-order valence-electron chi connectivity index (χ0n) is 15.3. The Morgan fingerprint density at radius 2 is 1.81 bits per heavy atom. The molecule has 0 unspecified atom stereocenters. The molecule has 0 aliphatic rings. The molecule has 0 fully saturated rings. The summed E-state index contributed by atoms with van der Waals surface area (Å²) in [5, 5.41) is 2.70. The fraction of sp³-hybridized carbons (Fsp3) is 0.316. The van der Waals surface area contributed by atoms with Crippen molar-refractivity contribution in [3.05, 3.63) is 59.9 Å². The van der Waals surface area contributed by atoms with Gasteiger partial charge in [0.05, 0.1) is 18.6 Å². The van der Waals surface area contributed by atoms with E-state index in [0.29, 0.717) is 18.0 Å². The maximum atomic E-state index is 12.9. The van der Waals surface area contributed by atoms with Gasteiger partial charge >= 0.3 is 0 Å². The standard InChI is InChI=1S/C19H23FN2O4S/c1-3-26-18-7-5-4-6-17(18)22(27(2,24)25)13-12-19(23)21-14-15-8-10-16(20)11-9-15/h4-11H,3,12-14H2,1-2H3,(H,21,23). The van der Waals surface area contributed by atoms with E-state index in [1.54, 1.807) is 36.4 Å². The quantitative estimate of drug-likeness (QED) is 0.710. The normalized spacial score (nSPS) is 11.1. The highest BCUT2D eigenvalue weighted by atomic mass is 32.2. The van der Waals surface area contributed by atoms with Crippen molar-refractivity contribution in [2.45, 2.75) is 19.9 Å². The average molecular weight is 394 g/mol. The predicted octanol–water partition coefficient (Wildman–Crippen LogP) is 2.70. The third kappa shape index (κ3) is 6.25. The van der Waals surface area contributed by atoms with Gasteiger partial charge < -0.3 is 10.1 Å². The molecule has 0 saturated carbocycles. The van der Waals surface area contributed by atoms with Gasteiger partial charge in [-0.15, -0.1) is 0 Å². The van der Waals surface area contributed by atoms with E-state index in [1.807, 2.05) is 6.92 Å². The van der Waals surface area contributed by atoms with Crippen LogP contribution in [0.1, 0.15) is 18.9 Å². The van der Waals surface area contributed by atoms with Gasteiger partial charge in [0.2, 0.25) is 15.9 Å². The van der Waals surface area contributed by atoms with Crippen LogP contribution in [0.3, 0.4) is 0 Å². The predicted molar refractivity (Wildman–Crippen MR) is 103 cm³/mol. The summed E-state index contributed by atoms with van der Waals surface area (Å²) >= 11 is 0. The number of rotatable bonds is 9. The van der Waals surface area contributed by atoms with Crippen LogP contribution in [-0.4, -0.2) is 33.7 Å². The second-order valence-corrected chi connectivity index (χ2v) is 7.80. The Bertz CT molecular complexity index is 870. The minimum atomic E-state index is -3.59. The smallest absolute Gasteiger partial charge is 0.232 e. The molecule has 1 N–H and O–H groups in total. The first-order valence-corrected chi connectivity index (χ1v) is 10.4. The summed E-state index contributed by atoms with van der Waals surface area (Å²) in [7, 11) is -3.59. The second kappa shape index (κ2) is 9.36. The largest absolute Gasteiger partial charge is 0.492 e. The lowest BCUT2D eigenvalue weighted by atomic mass is 10.2. The minimum Gasteiger partial charge on any atom is -0.492 e. The van der Waals surface area contributed by atoms with Crippen LogP contribution in [0.4, 0.5) is 10.1 Å². The number of carbonyl (C=O) groups is 1. The van der Waals surface area contributed by atoms with Gasteiger partial charge in [-0.2, -0.15) is 0 Å². The summed E-state index contributed by atoms with van der Waals surface area (Å²) in [6.45, 7) is 2.43. The molecule has 27 heavy (non-hydrogen) atoms. The van der Waals surface area contributed by atoms with E-state index in [1.165, 1.54) is 12.1 Å². The first kappa shape index (κ1) is 20.7. The number of halogens is 1. The minimum absolute atomic E-state index is 0.0157. The van der Waals surface area contributed by atoms with Gasteiger partial charge in [0, 0.05) is 19.5 Å². The molecule has 0 aromatic heterocycles. The van der Waals surface area contributed by atoms with Crippen molar-refractivity contribution in [3.63, 3.8) is 0 Å². The highest BCUT2D eigenvalue weighted by molar-refractivity contribution is 7.92. The lowest BCUT2D eigenvalue weighted by Crippen LogP contribution is -2.34. The molecule has 146 valence electrons. The Hall–Kier alpha value is -2.61. The van der Waals surface area contributed by atoms with Crippen LogP contribution in [0.2, 0.25) is 0 Å². The first-order chi connectivity index (χ1) is 12.8. The molecule has 0 heterocycles. The van der Waals surface area contributed by atoms with Gasteiger partial charge in [-0.25, -0.2) is 12.8 Å². The molecular formula is C19H23FN2O4S. The van der Waals surface area contributed by atoms with Crippen LogP contribution >= 0.6 is 0 Å². The monoisotopic (exact) mass is 394 g/mol. The second-order valence-electron chi connectivity index (χ2n) is 5.89. The molecule has 0 atom stereocenters. The number of para-hydroxylation sites is 2. The summed E-state index contributed by atoms with van der Waals surface area (Å²) in [6, 6.07) is 12.6. The van der Waals surface area contributed by atoms with Gasteiger partial charge in [-0.3, -0.25) is 9.10 Å². The van der Waals surface area contributed by atoms with Crippen molar-refractivity contribution in [1.29, 1.82) is 0 Å². The summed E-state index contributed by atoms with van der Waals surface area (Å²) in [4.78, 5) is 12.1. The van der Waals surface area contributed by atoms with Crippen LogP contribution < -0.4 is 14.4 Å². The number of amides is 1. The highest BCUT2D eigenvalue weighted by Crippen LogP contribution is 2.29. The van der Waals surface area contributed by atoms with Crippen molar-refractivity contribution in [1.82, 2.24) is 5.32 Å². The lowest BCUT2D eigenvalue weighted by Gasteiger charge is -2.24. The van der Waals surface area contributed by atoms with Gasteiger partial charge in [0.15, 0.2) is 0 Å². The van der Waals surface area contributed by atoms with Crippen molar-refractivity contribution in [2.75, 3.05) is 23.7 Å². The maximum absolute atomic E-state index is 12.9. The number of nitrogens with one attached hydrogen (secondary N) is 1. The molecule has 0 radical (unpaired) electrons. The van der Waals surface area contributed by atoms with Crippen molar-refractivity contribution in [2.24, 2.45) is 0 Å². The number of ether oxygens (including phenoxy) is 1. The molecule has 0 saturated heterocycles. The lowest BCUT2D eigenvalue weighted by molar-refractivity contribution is -0.121. The third-order valence-corrected chi connectivity index (χ3v) is 4.96. The van der Waals surface area contributed by atoms with Crippen LogP contribution in [0.5, 0.6) is 5.75 Å². The molecule has 2 rings (SSSR count). The van der Waals surface area contributed by atoms with E-state index in [0.717, 1.165) is 16.1 Å². The van der Waals surface area contributed by atoms with E-state index < -0.39 is 10.0 Å². The first-order valence-electron chi connectivity index (χ1n) is 8.52. The van der Waals surface area contributed by atoms with E-state index in [9.17, 15) is 17.6 Å². The number of sulfonamides is 1. The van der Waals surface area contributed by atoms with Crippen molar-refractivity contribution < 1.29 is 22.3 Å². The van der Waals surface area contributed by atoms with Crippen LogP contribution in [0.25, 0.3) is 0 Å². The SMILES string of the molecule is CCOc1ccccc1N(CCC(=O)NCc1ccc(F)cc1)S(C)(=O)=O. The summed E-state index contributed by atoms with van der Waals surface area (Å²) in [6.07, 6.45) is 1.07. The zero-order valence-corrected chi connectivity index (χ0v) is 16.1. The van der Waals surface area contributed by atoms with E-state index in [-0.39, 0.29) is 31.2 Å². The van der Waals surface area contributed by atoms with E-state index in [2.05, 4.69) is 5.32 Å². The molecule has 2 aromatic carbocycles. The molecule has 0 bridgehead atoms. The zero-order chi connectivity index (χ0) is 19.9. The fourth-order valence-electron chi connectivity index (χ4n) is 2.50. The van der Waals surface area contributed by atoms with Crippen molar-refractivity contribution >= 4 is 21.6 Å². The number of benzene rings is 2. The summed E-state index contributed by atoms with van der Waals surface area (Å²) < 4.78 is 44.0. The Labute approximate surface area is 159 Å². The Morgan fingerprint density at radius 3 is 2.44 bits per heavy atom. The van der Waals surface area contributed by atoms with Gasteiger partial charge in [0.25, 0.3) is 0 Å². The number of carbonyl (C=O) groups excluding carboxylic acids is 1. The molecular weight excluding hydrogens is 371 g/mol. The van der Waals surface area contributed by atoms with Gasteiger partial charge in [-0.1, -0.05) is 24.3 Å². The summed E-state index contributed by atoms with van der Waals surface area (Å²) in [5.41, 5.74) is 1.15. The Kier molecular flexibility index (Phi) is 7.18. The molecule has 8 heteroatoms. The van der Waals surface area contributed by atoms with Crippen molar-refractivity contribution in [3.8, 4) is 5.75 Å². The molecule has 2 aromatic rings. The highest BCUT2D eigenvalue weighted by Gasteiger charge is 2.21. The number of hydrogen-bond acceptors (Lipinski definition) is 4. The van der Waals surface area contributed by atoms with Gasteiger partial charge in [0.1, 0.15) is 11.6 Å². The van der Waals surface area contributed by atoms with E-state index in [4.69, 9.17) is 4.74 Å². The fourth-order valence-corrected chi connectivity index (χ4v) is 3.43. The molecule has 0 aliphatic heterocycles. The third-order valence-electron chi connectivity index (χ3n) is 3.78. The van der Waals surface area contributed by atoms with Crippen LogP contribution in [0.15, 0.2) is 48.5 Å². The molecule has 0 aliphatic carbocycles. The molecule has 1 amide bonds. The molecule has 6 nitrogen and oxygen atoms in total. The van der Waals surface area contributed by atoms with Crippen LogP contribution in [-0.2, 0) is 21.4 Å². The molecule has 0 spiro atoms. The van der Waals surface area contributed by atoms with E-state index >= 15 is 0 Å².